The van der Waals surface area contributed by atoms with Crippen LogP contribution in [-0.2, 0) is 6.42 Å². The van der Waals surface area contributed by atoms with Gasteiger partial charge in [-0.1, -0.05) is 23.8 Å². The molecule has 0 saturated carbocycles. The van der Waals surface area contributed by atoms with Crippen molar-refractivity contribution in [3.05, 3.63) is 34.9 Å². The number of benzene rings is 1. The van der Waals surface area contributed by atoms with Gasteiger partial charge in [0.05, 0.1) is 6.73 Å². The fourth-order valence-corrected chi connectivity index (χ4v) is 1.51. The number of hydrogen-bond acceptors (Lipinski definition) is 2. The summed E-state index contributed by atoms with van der Waals surface area (Å²) in [4.78, 5) is 1.90. The van der Waals surface area contributed by atoms with E-state index in [0.717, 1.165) is 13.0 Å². The SMILES string of the molecule is Cc1ccc(CCN(C)CO)c(C)c1. The highest BCUT2D eigenvalue weighted by Crippen LogP contribution is 2.11. The molecule has 0 fully saturated rings. The average molecular weight is 193 g/mol. The molecule has 2 nitrogen and oxygen atoms in total. The van der Waals surface area contributed by atoms with Gasteiger partial charge in [-0.2, -0.15) is 0 Å². The van der Waals surface area contributed by atoms with Crippen molar-refractivity contribution in [2.24, 2.45) is 0 Å². The van der Waals surface area contributed by atoms with E-state index >= 15 is 0 Å². The number of aliphatic hydroxyl groups excluding tert-OH is 1. The molecule has 2 heteroatoms. The Morgan fingerprint density at radius 2 is 2.00 bits per heavy atom. The van der Waals surface area contributed by atoms with Crippen LogP contribution in [0.5, 0.6) is 0 Å². The van der Waals surface area contributed by atoms with Gasteiger partial charge in [0, 0.05) is 6.54 Å². The normalized spacial score (nSPS) is 10.9. The van der Waals surface area contributed by atoms with Crippen LogP contribution in [0.25, 0.3) is 0 Å². The largest absolute Gasteiger partial charge is 0.381 e. The van der Waals surface area contributed by atoms with Gasteiger partial charge in [0.2, 0.25) is 0 Å². The molecular weight excluding hydrogens is 174 g/mol. The lowest BCUT2D eigenvalue weighted by atomic mass is 10.0. The Morgan fingerprint density at radius 1 is 1.29 bits per heavy atom. The van der Waals surface area contributed by atoms with Crippen LogP contribution in [0.15, 0.2) is 18.2 Å². The summed E-state index contributed by atoms with van der Waals surface area (Å²) in [5.41, 5.74) is 4.02. The highest BCUT2D eigenvalue weighted by Gasteiger charge is 2.00. The summed E-state index contributed by atoms with van der Waals surface area (Å²) >= 11 is 0. The van der Waals surface area contributed by atoms with Crippen LogP contribution in [0, 0.1) is 13.8 Å². The highest BCUT2D eigenvalue weighted by molar-refractivity contribution is 5.30. The lowest BCUT2D eigenvalue weighted by molar-refractivity contribution is 0.134. The van der Waals surface area contributed by atoms with Gasteiger partial charge in [0.25, 0.3) is 0 Å². The standard InChI is InChI=1S/C12H19NO/c1-10-4-5-12(11(2)8-10)6-7-13(3)9-14/h4-5,8,14H,6-7,9H2,1-3H3. The molecule has 0 unspecified atom stereocenters. The predicted molar refractivity (Wildman–Crippen MR) is 59.3 cm³/mol. The number of aliphatic hydroxyl groups is 1. The molecule has 0 heterocycles. The van der Waals surface area contributed by atoms with Crippen molar-refractivity contribution < 1.29 is 5.11 Å². The monoisotopic (exact) mass is 193 g/mol. The van der Waals surface area contributed by atoms with E-state index in [1.165, 1.54) is 16.7 Å². The van der Waals surface area contributed by atoms with Crippen molar-refractivity contribution in [2.45, 2.75) is 20.3 Å². The molecule has 0 aromatic heterocycles. The summed E-state index contributed by atoms with van der Waals surface area (Å²) in [6, 6.07) is 6.52. The Balaban J connectivity index is 2.59. The van der Waals surface area contributed by atoms with E-state index in [-0.39, 0.29) is 6.73 Å². The summed E-state index contributed by atoms with van der Waals surface area (Å²) in [5.74, 6) is 0. The maximum absolute atomic E-state index is 8.85. The van der Waals surface area contributed by atoms with Crippen molar-refractivity contribution in [3.8, 4) is 0 Å². The first-order chi connectivity index (χ1) is 6.63. The maximum atomic E-state index is 8.85. The summed E-state index contributed by atoms with van der Waals surface area (Å²) in [5, 5.41) is 8.85. The van der Waals surface area contributed by atoms with Crippen LogP contribution >= 0.6 is 0 Å². The lowest BCUT2D eigenvalue weighted by Crippen LogP contribution is -2.22. The van der Waals surface area contributed by atoms with Gasteiger partial charge < -0.3 is 5.11 Å². The van der Waals surface area contributed by atoms with Gasteiger partial charge in [-0.15, -0.1) is 0 Å². The first-order valence-corrected chi connectivity index (χ1v) is 4.99. The number of hydrogen-bond donors (Lipinski definition) is 1. The number of likely N-dealkylation sites (N-methyl/N-ethyl adjacent to an activating group) is 1. The molecule has 1 N–H and O–H groups in total. The van der Waals surface area contributed by atoms with Gasteiger partial charge >= 0.3 is 0 Å². The Labute approximate surface area is 86.2 Å². The number of aryl methyl sites for hydroxylation is 2. The van der Waals surface area contributed by atoms with E-state index in [2.05, 4.69) is 32.0 Å². The van der Waals surface area contributed by atoms with Crippen molar-refractivity contribution in [3.63, 3.8) is 0 Å². The van der Waals surface area contributed by atoms with E-state index in [0.29, 0.717) is 0 Å². The minimum absolute atomic E-state index is 0.130. The Morgan fingerprint density at radius 3 is 2.57 bits per heavy atom. The third-order valence-electron chi connectivity index (χ3n) is 2.50. The quantitative estimate of drug-likeness (QED) is 0.736. The molecular formula is C12H19NO. The minimum atomic E-state index is 0.130. The zero-order valence-corrected chi connectivity index (χ0v) is 9.25. The Kier molecular flexibility index (Phi) is 4.11. The maximum Gasteiger partial charge on any atom is 0.0954 e. The molecule has 0 aliphatic carbocycles. The Bertz CT molecular complexity index is 296. The Hall–Kier alpha value is -0.860. The van der Waals surface area contributed by atoms with Crippen molar-refractivity contribution >= 4 is 0 Å². The van der Waals surface area contributed by atoms with E-state index in [1.54, 1.807) is 0 Å². The third kappa shape index (κ3) is 3.13. The van der Waals surface area contributed by atoms with Gasteiger partial charge in [-0.25, -0.2) is 0 Å². The molecule has 0 bridgehead atoms. The molecule has 0 aliphatic heterocycles. The van der Waals surface area contributed by atoms with Crippen LogP contribution in [-0.4, -0.2) is 30.3 Å². The number of nitrogens with zero attached hydrogens (tertiary/aromatic N) is 1. The van der Waals surface area contributed by atoms with Crippen molar-refractivity contribution in [1.82, 2.24) is 4.90 Å². The second-order valence-electron chi connectivity index (χ2n) is 3.90. The lowest BCUT2D eigenvalue weighted by Gasteiger charge is -2.13. The number of rotatable bonds is 4. The summed E-state index contributed by atoms with van der Waals surface area (Å²) in [6.45, 7) is 5.28. The van der Waals surface area contributed by atoms with Gasteiger partial charge in [-0.05, 0) is 38.4 Å². The van der Waals surface area contributed by atoms with Gasteiger partial charge in [0.1, 0.15) is 0 Å². The van der Waals surface area contributed by atoms with Crippen LogP contribution in [0.4, 0.5) is 0 Å². The second-order valence-corrected chi connectivity index (χ2v) is 3.90. The molecule has 0 radical (unpaired) electrons. The van der Waals surface area contributed by atoms with E-state index in [1.807, 2.05) is 11.9 Å². The molecule has 0 amide bonds. The molecule has 0 saturated heterocycles. The molecule has 1 rings (SSSR count). The molecule has 1 aromatic carbocycles. The summed E-state index contributed by atoms with van der Waals surface area (Å²) in [6.07, 6.45) is 1.00. The van der Waals surface area contributed by atoms with E-state index < -0.39 is 0 Å². The summed E-state index contributed by atoms with van der Waals surface area (Å²) < 4.78 is 0. The zero-order valence-electron chi connectivity index (χ0n) is 9.25. The van der Waals surface area contributed by atoms with Crippen molar-refractivity contribution in [1.29, 1.82) is 0 Å². The highest BCUT2D eigenvalue weighted by atomic mass is 16.3. The second kappa shape index (κ2) is 5.13. The van der Waals surface area contributed by atoms with Crippen LogP contribution in [0.2, 0.25) is 0 Å². The van der Waals surface area contributed by atoms with Crippen LogP contribution < -0.4 is 0 Å². The fourth-order valence-electron chi connectivity index (χ4n) is 1.51. The van der Waals surface area contributed by atoms with E-state index in [4.69, 9.17) is 5.11 Å². The van der Waals surface area contributed by atoms with Gasteiger partial charge in [-0.3, -0.25) is 4.90 Å². The molecule has 1 aromatic rings. The summed E-state index contributed by atoms with van der Waals surface area (Å²) in [7, 11) is 1.92. The average Bonchev–Trinajstić information content (AvgIpc) is 2.16. The fraction of sp³-hybridized carbons (Fsp3) is 0.500. The predicted octanol–water partition coefficient (Wildman–Crippen LogP) is 1.73. The topological polar surface area (TPSA) is 23.5 Å². The third-order valence-corrected chi connectivity index (χ3v) is 2.50. The van der Waals surface area contributed by atoms with Gasteiger partial charge in [0.15, 0.2) is 0 Å². The molecule has 0 spiro atoms. The first-order valence-electron chi connectivity index (χ1n) is 4.99. The van der Waals surface area contributed by atoms with Crippen LogP contribution in [0.1, 0.15) is 16.7 Å². The minimum Gasteiger partial charge on any atom is -0.381 e. The molecule has 14 heavy (non-hydrogen) atoms. The molecule has 0 aliphatic rings. The van der Waals surface area contributed by atoms with Crippen LogP contribution in [0.3, 0.4) is 0 Å². The van der Waals surface area contributed by atoms with E-state index in [9.17, 15) is 0 Å². The zero-order chi connectivity index (χ0) is 10.6. The molecule has 0 atom stereocenters. The smallest absolute Gasteiger partial charge is 0.0954 e. The molecule has 78 valence electrons. The van der Waals surface area contributed by atoms with Crippen molar-refractivity contribution in [2.75, 3.05) is 20.3 Å². The first kappa shape index (κ1) is 11.2.